The summed E-state index contributed by atoms with van der Waals surface area (Å²) in [5.74, 6) is 0.659. The Morgan fingerprint density at radius 3 is 2.58 bits per heavy atom. The first kappa shape index (κ1) is 11.0. The molecule has 0 fully saturated rings. The van der Waals surface area contributed by atoms with E-state index in [9.17, 15) is 4.79 Å². The van der Waals surface area contributed by atoms with Crippen LogP contribution in [0.4, 0.5) is 0 Å². The molecule has 0 aromatic rings. The maximum Gasteiger partial charge on any atom is 0.335 e. The van der Waals surface area contributed by atoms with Crippen LogP contribution in [0.15, 0.2) is 24.5 Å². The molecule has 0 aromatic carbocycles. The number of ether oxygens (including phenoxy) is 1. The van der Waals surface area contributed by atoms with Crippen LogP contribution >= 0.6 is 0 Å². The zero-order valence-corrected chi connectivity index (χ0v) is 7.96. The van der Waals surface area contributed by atoms with E-state index in [4.69, 9.17) is 4.74 Å². The normalized spacial score (nSPS) is 10.7. The van der Waals surface area contributed by atoms with Crippen molar-refractivity contribution < 1.29 is 9.53 Å². The SMILES string of the molecule is C=C(CC(C)C)OC(=O)/C=C/C. The van der Waals surface area contributed by atoms with Crippen LogP contribution in [0.5, 0.6) is 0 Å². The lowest BCUT2D eigenvalue weighted by Crippen LogP contribution is -2.01. The number of esters is 1. The molecule has 0 aromatic heterocycles. The number of carbonyl (C=O) groups excluding carboxylic acids is 1. The first-order chi connectivity index (χ1) is 5.56. The van der Waals surface area contributed by atoms with Gasteiger partial charge < -0.3 is 4.74 Å². The minimum Gasteiger partial charge on any atom is -0.429 e. The Kier molecular flexibility index (Phi) is 5.09. The lowest BCUT2D eigenvalue weighted by molar-refractivity contribution is -0.134. The summed E-state index contributed by atoms with van der Waals surface area (Å²) in [6.45, 7) is 9.51. The van der Waals surface area contributed by atoms with Crippen LogP contribution in [0.25, 0.3) is 0 Å². The van der Waals surface area contributed by atoms with Crippen molar-refractivity contribution in [2.45, 2.75) is 27.2 Å². The van der Waals surface area contributed by atoms with Crippen LogP contribution in [0.2, 0.25) is 0 Å². The van der Waals surface area contributed by atoms with Crippen molar-refractivity contribution in [2.24, 2.45) is 5.92 Å². The Morgan fingerprint density at radius 1 is 1.58 bits per heavy atom. The highest BCUT2D eigenvalue weighted by molar-refractivity contribution is 5.82. The Labute approximate surface area is 73.9 Å². The molecule has 0 aliphatic carbocycles. The maximum atomic E-state index is 10.9. The van der Waals surface area contributed by atoms with Gasteiger partial charge in [-0.3, -0.25) is 0 Å². The number of hydrogen-bond acceptors (Lipinski definition) is 2. The van der Waals surface area contributed by atoms with Crippen LogP contribution in [0, 0.1) is 5.92 Å². The summed E-state index contributed by atoms with van der Waals surface area (Å²) < 4.78 is 4.88. The van der Waals surface area contributed by atoms with Crippen molar-refractivity contribution in [3.05, 3.63) is 24.5 Å². The topological polar surface area (TPSA) is 26.3 Å². The molecule has 0 rings (SSSR count). The summed E-state index contributed by atoms with van der Waals surface area (Å²) >= 11 is 0. The van der Waals surface area contributed by atoms with E-state index >= 15 is 0 Å². The highest BCUT2D eigenvalue weighted by Gasteiger charge is 2.03. The van der Waals surface area contributed by atoms with E-state index in [1.807, 2.05) is 0 Å². The molecule has 0 atom stereocenters. The third kappa shape index (κ3) is 5.71. The zero-order valence-electron chi connectivity index (χ0n) is 7.96. The quantitative estimate of drug-likeness (QED) is 0.366. The van der Waals surface area contributed by atoms with Crippen molar-refractivity contribution in [3.63, 3.8) is 0 Å². The largest absolute Gasteiger partial charge is 0.429 e. The molecule has 2 nitrogen and oxygen atoms in total. The minimum atomic E-state index is -0.344. The summed E-state index contributed by atoms with van der Waals surface area (Å²) in [7, 11) is 0. The van der Waals surface area contributed by atoms with Gasteiger partial charge >= 0.3 is 5.97 Å². The Hall–Kier alpha value is -1.05. The number of allylic oxidation sites excluding steroid dienone is 2. The molecule has 0 saturated carbocycles. The smallest absolute Gasteiger partial charge is 0.335 e. The van der Waals surface area contributed by atoms with Gasteiger partial charge in [-0.05, 0) is 12.8 Å². The number of hydrogen-bond donors (Lipinski definition) is 0. The van der Waals surface area contributed by atoms with Crippen molar-refractivity contribution in [3.8, 4) is 0 Å². The molecule has 0 unspecified atom stereocenters. The van der Waals surface area contributed by atoms with Crippen LogP contribution in [0.3, 0.4) is 0 Å². The van der Waals surface area contributed by atoms with Crippen LogP contribution in [-0.2, 0) is 9.53 Å². The molecule has 68 valence electrons. The van der Waals surface area contributed by atoms with Gasteiger partial charge in [-0.15, -0.1) is 0 Å². The minimum absolute atomic E-state index is 0.344. The molecular weight excluding hydrogens is 152 g/mol. The first-order valence-corrected chi connectivity index (χ1v) is 4.08. The second kappa shape index (κ2) is 5.58. The first-order valence-electron chi connectivity index (χ1n) is 4.08. The molecule has 12 heavy (non-hydrogen) atoms. The molecule has 0 bridgehead atoms. The van der Waals surface area contributed by atoms with E-state index in [1.54, 1.807) is 13.0 Å². The van der Waals surface area contributed by atoms with E-state index in [1.165, 1.54) is 6.08 Å². The van der Waals surface area contributed by atoms with Crippen LogP contribution in [0.1, 0.15) is 27.2 Å². The molecule has 2 heteroatoms. The average molecular weight is 168 g/mol. The lowest BCUT2D eigenvalue weighted by Gasteiger charge is -2.06. The predicted octanol–water partition coefficient (Wildman–Crippen LogP) is 2.67. The Bertz CT molecular complexity index is 190. The van der Waals surface area contributed by atoms with Crippen molar-refractivity contribution >= 4 is 5.97 Å². The van der Waals surface area contributed by atoms with Gasteiger partial charge in [0.2, 0.25) is 0 Å². The molecule has 0 amide bonds. The van der Waals surface area contributed by atoms with Gasteiger partial charge in [0.25, 0.3) is 0 Å². The molecular formula is C10H16O2. The van der Waals surface area contributed by atoms with Gasteiger partial charge in [0, 0.05) is 12.5 Å². The third-order valence-electron chi connectivity index (χ3n) is 1.18. The van der Waals surface area contributed by atoms with Gasteiger partial charge in [0.1, 0.15) is 5.76 Å². The van der Waals surface area contributed by atoms with E-state index in [0.717, 1.165) is 6.42 Å². The highest BCUT2D eigenvalue weighted by atomic mass is 16.5. The second-order valence-corrected chi connectivity index (χ2v) is 3.06. The van der Waals surface area contributed by atoms with Crippen LogP contribution < -0.4 is 0 Å². The Balaban J connectivity index is 3.77. The van der Waals surface area contributed by atoms with E-state index in [2.05, 4.69) is 20.4 Å². The van der Waals surface area contributed by atoms with E-state index < -0.39 is 0 Å². The summed E-state index contributed by atoms with van der Waals surface area (Å²) in [4.78, 5) is 10.9. The van der Waals surface area contributed by atoms with Crippen molar-refractivity contribution in [1.29, 1.82) is 0 Å². The molecule has 0 heterocycles. The molecule has 0 spiro atoms. The monoisotopic (exact) mass is 168 g/mol. The average Bonchev–Trinajstić information content (AvgIpc) is 1.84. The van der Waals surface area contributed by atoms with Crippen molar-refractivity contribution in [2.75, 3.05) is 0 Å². The van der Waals surface area contributed by atoms with Crippen molar-refractivity contribution in [1.82, 2.24) is 0 Å². The highest BCUT2D eigenvalue weighted by Crippen LogP contribution is 2.09. The van der Waals surface area contributed by atoms with E-state index in [0.29, 0.717) is 11.7 Å². The van der Waals surface area contributed by atoms with Gasteiger partial charge in [-0.1, -0.05) is 26.5 Å². The predicted molar refractivity (Wildman–Crippen MR) is 49.5 cm³/mol. The standard InChI is InChI=1S/C10H16O2/c1-5-6-10(11)12-9(4)7-8(2)3/h5-6,8H,4,7H2,1-3H3/b6-5+. The Morgan fingerprint density at radius 2 is 2.17 bits per heavy atom. The second-order valence-electron chi connectivity index (χ2n) is 3.06. The van der Waals surface area contributed by atoms with Gasteiger partial charge in [-0.2, -0.15) is 0 Å². The summed E-state index contributed by atoms with van der Waals surface area (Å²) in [6.07, 6.45) is 3.75. The molecule has 0 N–H and O–H groups in total. The number of carbonyl (C=O) groups is 1. The lowest BCUT2D eigenvalue weighted by atomic mass is 10.1. The molecule has 0 aliphatic rings. The fraction of sp³-hybridized carbons (Fsp3) is 0.500. The molecule has 0 aliphatic heterocycles. The third-order valence-corrected chi connectivity index (χ3v) is 1.18. The molecule has 0 saturated heterocycles. The van der Waals surface area contributed by atoms with Gasteiger partial charge in [-0.25, -0.2) is 4.79 Å². The molecule has 0 radical (unpaired) electrons. The number of rotatable bonds is 4. The zero-order chi connectivity index (χ0) is 9.56. The summed E-state index contributed by atoms with van der Waals surface area (Å²) in [6, 6.07) is 0. The van der Waals surface area contributed by atoms with Gasteiger partial charge in [0.05, 0.1) is 0 Å². The fourth-order valence-corrected chi connectivity index (χ4v) is 0.809. The summed E-state index contributed by atoms with van der Waals surface area (Å²) in [5.41, 5.74) is 0. The summed E-state index contributed by atoms with van der Waals surface area (Å²) in [5, 5.41) is 0. The van der Waals surface area contributed by atoms with E-state index in [-0.39, 0.29) is 5.97 Å². The van der Waals surface area contributed by atoms with Gasteiger partial charge in [0.15, 0.2) is 0 Å². The maximum absolute atomic E-state index is 10.9. The fourth-order valence-electron chi connectivity index (χ4n) is 0.809. The van der Waals surface area contributed by atoms with Crippen LogP contribution in [-0.4, -0.2) is 5.97 Å².